The molecule has 0 N–H and O–H groups in total. The van der Waals surface area contributed by atoms with Gasteiger partial charge in [0.15, 0.2) is 11.2 Å². The average Bonchev–Trinajstić information content (AvgIpc) is 2.73. The topological polar surface area (TPSA) is 69.7 Å². The summed E-state index contributed by atoms with van der Waals surface area (Å²) >= 11 is 1.41. The van der Waals surface area contributed by atoms with E-state index in [4.69, 9.17) is 8.92 Å². The van der Waals surface area contributed by atoms with E-state index < -0.39 is 15.7 Å². The molecule has 5 rings (SSSR count). The fourth-order valence-corrected chi connectivity index (χ4v) is 5.86. The molecule has 0 amide bonds. The second kappa shape index (κ2) is 7.18. The van der Waals surface area contributed by atoms with Gasteiger partial charge in [-0.05, 0) is 57.2 Å². The monoisotopic (exact) mass is 464 g/mol. The first-order valence-corrected chi connectivity index (χ1v) is 12.3. The van der Waals surface area contributed by atoms with Crippen molar-refractivity contribution in [1.82, 2.24) is 0 Å². The first-order valence-electron chi connectivity index (χ1n) is 10.1. The van der Waals surface area contributed by atoms with Crippen LogP contribution in [0.15, 0.2) is 70.4 Å². The fourth-order valence-electron chi connectivity index (χ4n) is 3.72. The molecule has 3 aromatic carbocycles. The molecule has 32 heavy (non-hydrogen) atoms. The number of benzene rings is 3. The Labute approximate surface area is 189 Å². The van der Waals surface area contributed by atoms with Crippen LogP contribution in [0.1, 0.15) is 25.0 Å². The predicted molar refractivity (Wildman–Crippen MR) is 128 cm³/mol. The standard InChI is InChI=1S/C25H20O5S2/c1-15-8-10-16(11-9-15)32(27,28)30-20-14-19-17(12-13-25(2,3)29-19)24-22(20)23(26)18-6-4-5-7-21(18)31-24/h4-14H,1-3H3. The molecule has 0 unspecified atom stereocenters. The van der Waals surface area contributed by atoms with Crippen LogP contribution in [0.25, 0.3) is 26.2 Å². The maximum absolute atomic E-state index is 13.5. The molecular formula is C25H20O5S2. The van der Waals surface area contributed by atoms with E-state index in [1.807, 2.05) is 45.1 Å². The van der Waals surface area contributed by atoms with E-state index in [0.29, 0.717) is 15.8 Å². The van der Waals surface area contributed by atoms with Gasteiger partial charge in [-0.1, -0.05) is 29.8 Å². The lowest BCUT2D eigenvalue weighted by Crippen LogP contribution is -2.27. The molecule has 2 heterocycles. The smallest absolute Gasteiger partial charge is 0.339 e. The van der Waals surface area contributed by atoms with Crippen molar-refractivity contribution in [3.63, 3.8) is 0 Å². The van der Waals surface area contributed by atoms with Gasteiger partial charge in [0, 0.05) is 21.7 Å². The first kappa shape index (κ1) is 20.7. The molecule has 0 aliphatic carbocycles. The van der Waals surface area contributed by atoms with Crippen molar-refractivity contribution < 1.29 is 17.3 Å². The van der Waals surface area contributed by atoms with E-state index in [1.54, 1.807) is 24.3 Å². The van der Waals surface area contributed by atoms with Gasteiger partial charge in [0.1, 0.15) is 16.2 Å². The van der Waals surface area contributed by atoms with E-state index in [1.165, 1.54) is 29.5 Å². The highest BCUT2D eigenvalue weighted by Gasteiger charge is 2.28. The van der Waals surface area contributed by atoms with Crippen LogP contribution in [0.5, 0.6) is 11.5 Å². The van der Waals surface area contributed by atoms with Crippen LogP contribution < -0.4 is 14.3 Å². The predicted octanol–water partition coefficient (Wildman–Crippen LogP) is 5.68. The Bertz CT molecular complexity index is 1580. The Morgan fingerprint density at radius 1 is 1.03 bits per heavy atom. The van der Waals surface area contributed by atoms with E-state index in [9.17, 15) is 13.2 Å². The first-order chi connectivity index (χ1) is 15.1. The highest BCUT2D eigenvalue weighted by atomic mass is 32.2. The lowest BCUT2D eigenvalue weighted by Gasteiger charge is -2.28. The van der Waals surface area contributed by atoms with Crippen LogP contribution in [0, 0.1) is 6.92 Å². The third-order valence-corrected chi connectivity index (χ3v) is 7.80. The molecule has 0 saturated heterocycles. The highest BCUT2D eigenvalue weighted by Crippen LogP contribution is 2.43. The molecule has 162 valence electrons. The van der Waals surface area contributed by atoms with Crippen LogP contribution in [-0.4, -0.2) is 14.0 Å². The van der Waals surface area contributed by atoms with Gasteiger partial charge < -0.3 is 8.92 Å². The van der Waals surface area contributed by atoms with Gasteiger partial charge in [0.05, 0.1) is 10.1 Å². The minimum Gasteiger partial charge on any atom is -0.483 e. The molecule has 0 fully saturated rings. The van der Waals surface area contributed by atoms with Crippen molar-refractivity contribution in [1.29, 1.82) is 0 Å². The van der Waals surface area contributed by atoms with Gasteiger partial charge in [-0.2, -0.15) is 8.42 Å². The Morgan fingerprint density at radius 2 is 1.75 bits per heavy atom. The third kappa shape index (κ3) is 3.47. The molecule has 0 saturated carbocycles. The van der Waals surface area contributed by atoms with Crippen molar-refractivity contribution in [3.05, 3.63) is 82.0 Å². The quantitative estimate of drug-likeness (QED) is 0.288. The van der Waals surface area contributed by atoms with Crippen LogP contribution in [0.3, 0.4) is 0 Å². The van der Waals surface area contributed by atoms with Gasteiger partial charge in [0.2, 0.25) is 0 Å². The normalized spacial score (nSPS) is 14.8. The zero-order valence-electron chi connectivity index (χ0n) is 17.7. The minimum absolute atomic E-state index is 0.0204. The molecule has 0 spiro atoms. The SMILES string of the molecule is Cc1ccc(S(=O)(=O)Oc2cc3c(c4sc5ccccc5c(=O)c24)C=CC(C)(C)O3)cc1. The van der Waals surface area contributed by atoms with Crippen molar-refractivity contribution >= 4 is 47.7 Å². The van der Waals surface area contributed by atoms with Crippen LogP contribution in [-0.2, 0) is 10.1 Å². The highest BCUT2D eigenvalue weighted by molar-refractivity contribution is 7.87. The molecule has 7 heteroatoms. The Hall–Kier alpha value is -3.16. The zero-order chi connectivity index (χ0) is 22.7. The van der Waals surface area contributed by atoms with Gasteiger partial charge in [-0.15, -0.1) is 11.3 Å². The molecular weight excluding hydrogens is 444 g/mol. The molecule has 5 nitrogen and oxygen atoms in total. The summed E-state index contributed by atoms with van der Waals surface area (Å²) in [6, 6.07) is 15.2. The molecule has 1 aliphatic heterocycles. The molecule has 1 aromatic heterocycles. The van der Waals surface area contributed by atoms with E-state index in [0.717, 1.165) is 15.8 Å². The van der Waals surface area contributed by atoms with Gasteiger partial charge >= 0.3 is 10.1 Å². The van der Waals surface area contributed by atoms with E-state index in [2.05, 4.69) is 0 Å². The summed E-state index contributed by atoms with van der Waals surface area (Å²) in [6.07, 6.45) is 3.84. The van der Waals surface area contributed by atoms with Crippen molar-refractivity contribution in [2.24, 2.45) is 0 Å². The number of aryl methyl sites for hydroxylation is 1. The lowest BCUT2D eigenvalue weighted by molar-refractivity contribution is 0.159. The second-order valence-corrected chi connectivity index (χ2v) is 10.9. The van der Waals surface area contributed by atoms with Gasteiger partial charge in [0.25, 0.3) is 0 Å². The Morgan fingerprint density at radius 3 is 2.50 bits per heavy atom. The summed E-state index contributed by atoms with van der Waals surface area (Å²) in [5, 5.41) is 0.750. The maximum atomic E-state index is 13.5. The maximum Gasteiger partial charge on any atom is 0.339 e. The van der Waals surface area contributed by atoms with Crippen molar-refractivity contribution in [3.8, 4) is 11.5 Å². The van der Waals surface area contributed by atoms with Gasteiger partial charge in [-0.3, -0.25) is 4.79 Å². The molecule has 0 bridgehead atoms. The zero-order valence-corrected chi connectivity index (χ0v) is 19.3. The summed E-state index contributed by atoms with van der Waals surface area (Å²) in [5.74, 6) is 0.447. The van der Waals surface area contributed by atoms with E-state index in [-0.39, 0.29) is 21.5 Å². The number of hydrogen-bond donors (Lipinski definition) is 0. The van der Waals surface area contributed by atoms with Crippen molar-refractivity contribution in [2.75, 3.05) is 0 Å². The Kier molecular flexibility index (Phi) is 4.65. The molecule has 0 radical (unpaired) electrons. The largest absolute Gasteiger partial charge is 0.483 e. The summed E-state index contributed by atoms with van der Waals surface area (Å²) in [7, 11) is -4.15. The van der Waals surface area contributed by atoms with Crippen molar-refractivity contribution in [2.45, 2.75) is 31.3 Å². The van der Waals surface area contributed by atoms with Gasteiger partial charge in [-0.25, -0.2) is 0 Å². The average molecular weight is 465 g/mol. The summed E-state index contributed by atoms with van der Waals surface area (Å²) in [6.45, 7) is 5.68. The fraction of sp³-hybridized carbons (Fsp3) is 0.160. The third-order valence-electron chi connectivity index (χ3n) is 5.35. The summed E-state index contributed by atoms with van der Waals surface area (Å²) < 4.78 is 39.2. The van der Waals surface area contributed by atoms with E-state index >= 15 is 0 Å². The van der Waals surface area contributed by atoms with Crippen LogP contribution in [0.4, 0.5) is 0 Å². The summed E-state index contributed by atoms with van der Waals surface area (Å²) in [5.41, 5.74) is 0.827. The number of ether oxygens (including phenoxy) is 1. The minimum atomic E-state index is -4.15. The van der Waals surface area contributed by atoms with Crippen LogP contribution in [0.2, 0.25) is 0 Å². The molecule has 1 aliphatic rings. The molecule has 4 aromatic rings. The Balaban J connectivity index is 1.80. The number of rotatable bonds is 3. The summed E-state index contributed by atoms with van der Waals surface area (Å²) in [4.78, 5) is 13.5. The second-order valence-electron chi connectivity index (χ2n) is 8.31. The van der Waals surface area contributed by atoms with Crippen LogP contribution >= 0.6 is 11.3 Å². The number of fused-ring (bicyclic) bond motifs is 4. The lowest BCUT2D eigenvalue weighted by atomic mass is 10.0. The number of hydrogen-bond acceptors (Lipinski definition) is 6. The molecule has 0 atom stereocenters.